The van der Waals surface area contributed by atoms with E-state index < -0.39 is 0 Å². The minimum Gasteiger partial charge on any atom is -0.338 e. The Morgan fingerprint density at radius 1 is 1.44 bits per heavy atom. The van der Waals surface area contributed by atoms with Gasteiger partial charge in [0, 0.05) is 17.3 Å². The van der Waals surface area contributed by atoms with Crippen molar-refractivity contribution in [3.63, 3.8) is 0 Å². The first kappa shape index (κ1) is 12.6. The molecule has 2 rings (SSSR count). The van der Waals surface area contributed by atoms with Crippen LogP contribution in [0.4, 0.5) is 5.88 Å². The third-order valence-electron chi connectivity index (χ3n) is 2.34. The second-order valence-corrected chi connectivity index (χ2v) is 4.20. The largest absolute Gasteiger partial charge is 0.338 e. The molecule has 6 heteroatoms. The van der Waals surface area contributed by atoms with E-state index in [0.717, 1.165) is 5.69 Å². The molecular weight excluding hydrogens is 254 g/mol. The molecular formula is C12H12ClN3O2. The summed E-state index contributed by atoms with van der Waals surface area (Å²) in [4.78, 5) is 16.1. The molecule has 1 amide bonds. The lowest BCUT2D eigenvalue weighted by Gasteiger charge is -2.04. The van der Waals surface area contributed by atoms with E-state index in [9.17, 15) is 4.79 Å². The number of nitrogens with zero attached hydrogens (tertiary/aromatic N) is 2. The summed E-state index contributed by atoms with van der Waals surface area (Å²) < 4.78 is 4.91. The van der Waals surface area contributed by atoms with E-state index in [1.165, 1.54) is 6.07 Å². The van der Waals surface area contributed by atoms with Crippen molar-refractivity contribution >= 4 is 23.4 Å². The first-order chi connectivity index (χ1) is 8.58. The molecule has 2 aromatic heterocycles. The van der Waals surface area contributed by atoms with Crippen molar-refractivity contribution in [2.24, 2.45) is 0 Å². The van der Waals surface area contributed by atoms with Gasteiger partial charge >= 0.3 is 0 Å². The quantitative estimate of drug-likeness (QED) is 0.867. The molecule has 0 aromatic carbocycles. The van der Waals surface area contributed by atoms with E-state index in [1.54, 1.807) is 19.1 Å². The van der Waals surface area contributed by atoms with E-state index in [4.69, 9.17) is 16.1 Å². The van der Waals surface area contributed by atoms with E-state index >= 15 is 0 Å². The number of hydrogen-bond donors (Lipinski definition) is 1. The fourth-order valence-corrected chi connectivity index (χ4v) is 1.70. The summed E-state index contributed by atoms with van der Waals surface area (Å²) >= 11 is 5.85. The van der Waals surface area contributed by atoms with Crippen LogP contribution >= 0.6 is 11.6 Å². The molecule has 1 N–H and O–H groups in total. The zero-order valence-electron chi connectivity index (χ0n) is 10.0. The average Bonchev–Trinajstić information content (AvgIpc) is 2.73. The molecule has 0 bridgehead atoms. The molecule has 18 heavy (non-hydrogen) atoms. The van der Waals surface area contributed by atoms with Crippen LogP contribution in [0.2, 0.25) is 5.15 Å². The molecule has 0 spiro atoms. The summed E-state index contributed by atoms with van der Waals surface area (Å²) in [7, 11) is 0. The van der Waals surface area contributed by atoms with Crippen LogP contribution in [0.3, 0.4) is 0 Å². The van der Waals surface area contributed by atoms with Gasteiger partial charge in [0.15, 0.2) is 0 Å². The van der Waals surface area contributed by atoms with Crippen LogP contribution in [0.25, 0.3) is 0 Å². The predicted molar refractivity (Wildman–Crippen MR) is 67.8 cm³/mol. The molecule has 0 unspecified atom stereocenters. The van der Waals surface area contributed by atoms with Crippen molar-refractivity contribution in [1.82, 2.24) is 10.1 Å². The molecule has 0 aliphatic carbocycles. The number of halogens is 1. The summed E-state index contributed by atoms with van der Waals surface area (Å²) in [6, 6.07) is 4.85. The average molecular weight is 266 g/mol. The Kier molecular flexibility index (Phi) is 3.62. The van der Waals surface area contributed by atoms with Gasteiger partial charge < -0.3 is 4.52 Å². The molecule has 0 saturated heterocycles. The number of aryl methyl sites for hydroxylation is 2. The SMILES string of the molecule is CCc1cc(C(=O)Nc2cc(C)no2)cc(Cl)n1. The molecule has 0 atom stereocenters. The zero-order valence-corrected chi connectivity index (χ0v) is 10.8. The zero-order chi connectivity index (χ0) is 13.1. The lowest BCUT2D eigenvalue weighted by molar-refractivity contribution is 0.102. The number of carbonyl (C=O) groups is 1. The van der Waals surface area contributed by atoms with Crippen molar-refractivity contribution in [3.05, 3.63) is 40.3 Å². The smallest absolute Gasteiger partial charge is 0.258 e. The third-order valence-corrected chi connectivity index (χ3v) is 2.53. The van der Waals surface area contributed by atoms with Gasteiger partial charge in [-0.2, -0.15) is 0 Å². The standard InChI is InChI=1S/C12H12ClN3O2/c1-3-9-5-8(6-10(13)14-9)12(17)15-11-4-7(2)16-18-11/h4-6H,3H2,1-2H3,(H,15,17). The molecule has 2 aromatic rings. The van der Waals surface area contributed by atoms with Gasteiger partial charge in [-0.3, -0.25) is 10.1 Å². The molecule has 94 valence electrons. The van der Waals surface area contributed by atoms with Gasteiger partial charge in [-0.15, -0.1) is 0 Å². The lowest BCUT2D eigenvalue weighted by Crippen LogP contribution is -2.12. The van der Waals surface area contributed by atoms with Gasteiger partial charge in [0.2, 0.25) is 5.88 Å². The van der Waals surface area contributed by atoms with Gasteiger partial charge in [0.05, 0.1) is 5.69 Å². The van der Waals surface area contributed by atoms with Crippen LogP contribution in [0.15, 0.2) is 22.7 Å². The Balaban J connectivity index is 2.20. The highest BCUT2D eigenvalue weighted by Crippen LogP contribution is 2.14. The number of aromatic nitrogens is 2. The maximum Gasteiger partial charge on any atom is 0.258 e. The lowest BCUT2D eigenvalue weighted by atomic mass is 10.2. The number of nitrogens with one attached hydrogen (secondary N) is 1. The summed E-state index contributed by atoms with van der Waals surface area (Å²) in [5.41, 5.74) is 1.91. The number of rotatable bonds is 3. The van der Waals surface area contributed by atoms with Crippen LogP contribution in [-0.2, 0) is 6.42 Å². The molecule has 0 aliphatic rings. The predicted octanol–water partition coefficient (Wildman–Crippen LogP) is 2.85. The number of carbonyl (C=O) groups excluding carboxylic acids is 1. The maximum absolute atomic E-state index is 12.0. The van der Waals surface area contributed by atoms with E-state index in [0.29, 0.717) is 28.7 Å². The van der Waals surface area contributed by atoms with Gasteiger partial charge in [0.25, 0.3) is 5.91 Å². The Morgan fingerprint density at radius 2 is 2.22 bits per heavy atom. The van der Waals surface area contributed by atoms with Gasteiger partial charge in [-0.1, -0.05) is 23.7 Å². The fourth-order valence-electron chi connectivity index (χ4n) is 1.47. The van der Waals surface area contributed by atoms with Crippen molar-refractivity contribution in [3.8, 4) is 0 Å². The Labute approximate surface area is 109 Å². The summed E-state index contributed by atoms with van der Waals surface area (Å²) in [6.07, 6.45) is 0.711. The van der Waals surface area contributed by atoms with Crippen molar-refractivity contribution in [2.75, 3.05) is 5.32 Å². The number of amides is 1. The summed E-state index contributed by atoms with van der Waals surface area (Å²) in [6.45, 7) is 3.72. The Hall–Kier alpha value is -1.88. The van der Waals surface area contributed by atoms with Crippen LogP contribution in [0, 0.1) is 6.92 Å². The highest BCUT2D eigenvalue weighted by molar-refractivity contribution is 6.29. The van der Waals surface area contributed by atoms with E-state index in [-0.39, 0.29) is 5.91 Å². The van der Waals surface area contributed by atoms with E-state index in [2.05, 4.69) is 15.5 Å². The number of pyridine rings is 1. The maximum atomic E-state index is 12.0. The molecule has 0 aliphatic heterocycles. The monoisotopic (exact) mass is 265 g/mol. The second-order valence-electron chi connectivity index (χ2n) is 3.81. The Morgan fingerprint density at radius 3 is 2.83 bits per heavy atom. The fraction of sp³-hybridized carbons (Fsp3) is 0.250. The molecule has 0 fully saturated rings. The third kappa shape index (κ3) is 2.87. The molecule has 0 radical (unpaired) electrons. The van der Waals surface area contributed by atoms with Crippen LogP contribution in [0.5, 0.6) is 0 Å². The first-order valence-corrected chi connectivity index (χ1v) is 5.87. The molecule has 5 nitrogen and oxygen atoms in total. The van der Waals surface area contributed by atoms with Gasteiger partial charge in [0.1, 0.15) is 5.15 Å². The highest BCUT2D eigenvalue weighted by atomic mass is 35.5. The van der Waals surface area contributed by atoms with Crippen molar-refractivity contribution in [2.45, 2.75) is 20.3 Å². The molecule has 0 saturated carbocycles. The molecule has 2 heterocycles. The summed E-state index contributed by atoms with van der Waals surface area (Å²) in [5.74, 6) is 0.00799. The van der Waals surface area contributed by atoms with Gasteiger partial charge in [-0.05, 0) is 25.5 Å². The summed E-state index contributed by atoms with van der Waals surface area (Å²) in [5, 5.41) is 6.59. The van der Waals surface area contributed by atoms with Crippen LogP contribution < -0.4 is 5.32 Å². The topological polar surface area (TPSA) is 68.0 Å². The minimum atomic E-state index is -0.301. The highest BCUT2D eigenvalue weighted by Gasteiger charge is 2.11. The Bertz CT molecular complexity index is 580. The van der Waals surface area contributed by atoms with Gasteiger partial charge in [-0.25, -0.2) is 4.98 Å². The van der Waals surface area contributed by atoms with E-state index in [1.807, 2.05) is 6.92 Å². The minimum absolute atomic E-state index is 0.299. The second kappa shape index (κ2) is 5.18. The number of anilines is 1. The van der Waals surface area contributed by atoms with Crippen molar-refractivity contribution in [1.29, 1.82) is 0 Å². The van der Waals surface area contributed by atoms with Crippen LogP contribution in [0.1, 0.15) is 28.7 Å². The van der Waals surface area contributed by atoms with Crippen molar-refractivity contribution < 1.29 is 9.32 Å². The van der Waals surface area contributed by atoms with Crippen LogP contribution in [-0.4, -0.2) is 16.0 Å². The number of hydrogen-bond acceptors (Lipinski definition) is 4. The normalized spacial score (nSPS) is 10.4. The first-order valence-electron chi connectivity index (χ1n) is 5.49.